The van der Waals surface area contributed by atoms with Crippen LogP contribution in [0.5, 0.6) is 0 Å². The Balaban J connectivity index is 2.74. The molecule has 0 radical (unpaired) electrons. The Morgan fingerprint density at radius 2 is 1.95 bits per heavy atom. The molecule has 1 aromatic carbocycles. The van der Waals surface area contributed by atoms with E-state index in [1.807, 2.05) is 0 Å². The van der Waals surface area contributed by atoms with Crippen LogP contribution in [0.15, 0.2) is 24.3 Å². The van der Waals surface area contributed by atoms with E-state index in [2.05, 4.69) is 10.0 Å². The van der Waals surface area contributed by atoms with Crippen molar-refractivity contribution in [2.45, 2.75) is 25.9 Å². The van der Waals surface area contributed by atoms with Crippen LogP contribution in [0.2, 0.25) is 0 Å². The molecule has 8 heteroatoms. The number of benzene rings is 1. The van der Waals surface area contributed by atoms with Gasteiger partial charge in [-0.25, -0.2) is 5.14 Å². The number of hydrogen-bond donors (Lipinski definition) is 3. The first kappa shape index (κ1) is 16.4. The molecule has 0 bridgehead atoms. The predicted molar refractivity (Wildman–Crippen MR) is 77.5 cm³/mol. The third kappa shape index (κ3) is 6.00. The number of nitrogens with one attached hydrogen (secondary N) is 2. The summed E-state index contributed by atoms with van der Waals surface area (Å²) >= 11 is 0. The largest absolute Gasteiger partial charge is 0.378 e. The van der Waals surface area contributed by atoms with Crippen molar-refractivity contribution >= 4 is 27.5 Å². The first-order valence-corrected chi connectivity index (χ1v) is 7.41. The maximum atomic E-state index is 11.8. The van der Waals surface area contributed by atoms with Crippen LogP contribution in [-0.4, -0.2) is 27.0 Å². The van der Waals surface area contributed by atoms with E-state index < -0.39 is 15.8 Å². The summed E-state index contributed by atoms with van der Waals surface area (Å²) < 4.78 is 29.1. The summed E-state index contributed by atoms with van der Waals surface area (Å²) in [5, 5.41) is 7.54. The topological polar surface area (TPSA) is 111 Å². The molecule has 0 saturated heterocycles. The number of amides is 1. The van der Waals surface area contributed by atoms with Gasteiger partial charge in [-0.05, 0) is 32.0 Å². The van der Waals surface area contributed by atoms with Gasteiger partial charge in [0.1, 0.15) is 0 Å². The first-order chi connectivity index (χ1) is 9.11. The number of nitrogens with two attached hydrogens (primary N) is 1. The molecule has 0 aliphatic heterocycles. The summed E-state index contributed by atoms with van der Waals surface area (Å²) in [7, 11) is -2.31. The van der Waals surface area contributed by atoms with Gasteiger partial charge in [0, 0.05) is 12.8 Å². The molecule has 0 heterocycles. The molecule has 7 nitrogen and oxygen atoms in total. The average molecular weight is 301 g/mol. The van der Waals surface area contributed by atoms with Crippen molar-refractivity contribution in [1.29, 1.82) is 0 Å². The van der Waals surface area contributed by atoms with Gasteiger partial charge in [-0.2, -0.15) is 8.42 Å². The van der Waals surface area contributed by atoms with E-state index in [0.717, 1.165) is 0 Å². The lowest BCUT2D eigenvalue weighted by Crippen LogP contribution is -2.29. The first-order valence-electron chi connectivity index (χ1n) is 5.87. The third-order valence-corrected chi connectivity index (χ3v) is 3.07. The number of rotatable bonds is 6. The Morgan fingerprint density at radius 3 is 2.50 bits per heavy atom. The van der Waals surface area contributed by atoms with Gasteiger partial charge in [0.15, 0.2) is 0 Å². The second-order valence-electron chi connectivity index (χ2n) is 4.92. The predicted octanol–water partition coefficient (Wildman–Crippen LogP) is 1.06. The van der Waals surface area contributed by atoms with Crippen LogP contribution >= 0.6 is 0 Å². The minimum Gasteiger partial charge on any atom is -0.378 e. The van der Waals surface area contributed by atoms with Gasteiger partial charge in [-0.15, -0.1) is 0 Å². The molecular formula is C12H19N3O4S. The molecule has 0 unspecified atom stereocenters. The molecule has 1 rings (SSSR count). The Morgan fingerprint density at radius 1 is 1.35 bits per heavy atom. The molecule has 0 aromatic heterocycles. The highest BCUT2D eigenvalue weighted by Crippen LogP contribution is 2.18. The van der Waals surface area contributed by atoms with Crippen molar-refractivity contribution in [2.75, 3.05) is 17.1 Å². The minimum absolute atomic E-state index is 0.177. The number of carbonyl (C=O) groups excluding carboxylic acids is 1. The van der Waals surface area contributed by atoms with E-state index in [-0.39, 0.29) is 18.0 Å². The third-order valence-electron chi connectivity index (χ3n) is 2.55. The Kier molecular flexibility index (Phi) is 5.09. The summed E-state index contributed by atoms with van der Waals surface area (Å²) in [6.07, 6.45) is 0.177. The van der Waals surface area contributed by atoms with Crippen molar-refractivity contribution in [1.82, 2.24) is 0 Å². The van der Waals surface area contributed by atoms with E-state index in [1.165, 1.54) is 19.2 Å². The SMILES string of the molecule is COC(C)(C)CC(=O)Nc1cccc(NS(N)(=O)=O)c1. The number of ether oxygens (including phenoxy) is 1. The molecular weight excluding hydrogens is 282 g/mol. The highest BCUT2D eigenvalue weighted by Gasteiger charge is 2.21. The van der Waals surface area contributed by atoms with Gasteiger partial charge in [0.05, 0.1) is 17.7 Å². The zero-order valence-corrected chi connectivity index (χ0v) is 12.5. The molecule has 4 N–H and O–H groups in total. The number of anilines is 2. The molecule has 20 heavy (non-hydrogen) atoms. The van der Waals surface area contributed by atoms with Crippen molar-refractivity contribution in [2.24, 2.45) is 5.14 Å². The fourth-order valence-electron chi connectivity index (χ4n) is 1.49. The van der Waals surface area contributed by atoms with E-state index in [9.17, 15) is 13.2 Å². The molecule has 0 saturated carbocycles. The summed E-state index contributed by atoms with van der Waals surface area (Å²) in [4.78, 5) is 11.8. The second kappa shape index (κ2) is 6.21. The fraction of sp³-hybridized carbons (Fsp3) is 0.417. The van der Waals surface area contributed by atoms with Gasteiger partial charge in [-0.1, -0.05) is 6.07 Å². The summed E-state index contributed by atoms with van der Waals surface area (Å²) in [5.74, 6) is -0.232. The zero-order chi connectivity index (χ0) is 15.4. The van der Waals surface area contributed by atoms with E-state index >= 15 is 0 Å². The highest BCUT2D eigenvalue weighted by molar-refractivity contribution is 7.90. The quantitative estimate of drug-likeness (QED) is 0.729. The number of methoxy groups -OCH3 is 1. The fourth-order valence-corrected chi connectivity index (χ4v) is 1.94. The molecule has 1 aromatic rings. The monoisotopic (exact) mass is 301 g/mol. The summed E-state index contributed by atoms with van der Waals surface area (Å²) in [5.41, 5.74) is 0.174. The van der Waals surface area contributed by atoms with Gasteiger partial charge >= 0.3 is 0 Å². The number of hydrogen-bond acceptors (Lipinski definition) is 4. The Labute approximate surface area is 118 Å². The molecule has 1 amide bonds. The van der Waals surface area contributed by atoms with Crippen molar-refractivity contribution in [3.05, 3.63) is 24.3 Å². The van der Waals surface area contributed by atoms with Gasteiger partial charge in [-0.3, -0.25) is 9.52 Å². The Bertz CT molecular complexity index is 584. The van der Waals surface area contributed by atoms with Crippen molar-refractivity contribution in [3.8, 4) is 0 Å². The maximum absolute atomic E-state index is 11.8. The van der Waals surface area contributed by atoms with Gasteiger partial charge < -0.3 is 10.1 Å². The molecule has 0 aliphatic carbocycles. The zero-order valence-electron chi connectivity index (χ0n) is 11.6. The molecule has 112 valence electrons. The second-order valence-corrected chi connectivity index (χ2v) is 6.21. The Hall–Kier alpha value is -1.64. The van der Waals surface area contributed by atoms with Crippen LogP contribution < -0.4 is 15.2 Å². The standard InChI is InChI=1S/C12H19N3O4S/c1-12(2,19-3)8-11(16)14-9-5-4-6-10(7-9)15-20(13,17)18/h4-7,15H,8H2,1-3H3,(H,14,16)(H2,13,17,18). The summed E-state index contributed by atoms with van der Waals surface area (Å²) in [6.45, 7) is 3.59. The molecule has 0 atom stereocenters. The van der Waals surface area contributed by atoms with Crippen LogP contribution in [-0.2, 0) is 19.7 Å². The van der Waals surface area contributed by atoms with Crippen LogP contribution in [0.3, 0.4) is 0 Å². The lowest BCUT2D eigenvalue weighted by Gasteiger charge is -2.22. The summed E-state index contributed by atoms with van der Waals surface area (Å²) in [6, 6.07) is 6.25. The minimum atomic E-state index is -3.84. The van der Waals surface area contributed by atoms with E-state index in [4.69, 9.17) is 9.88 Å². The smallest absolute Gasteiger partial charge is 0.296 e. The molecule has 0 fully saturated rings. The van der Waals surface area contributed by atoms with Gasteiger partial charge in [0.25, 0.3) is 10.2 Å². The highest BCUT2D eigenvalue weighted by atomic mass is 32.2. The van der Waals surface area contributed by atoms with Crippen molar-refractivity contribution in [3.63, 3.8) is 0 Å². The number of carbonyl (C=O) groups is 1. The van der Waals surface area contributed by atoms with Crippen molar-refractivity contribution < 1.29 is 17.9 Å². The van der Waals surface area contributed by atoms with E-state index in [1.54, 1.807) is 26.0 Å². The molecule has 0 aliphatic rings. The van der Waals surface area contributed by atoms with Crippen LogP contribution in [0.25, 0.3) is 0 Å². The normalized spacial score (nSPS) is 12.0. The van der Waals surface area contributed by atoms with E-state index in [0.29, 0.717) is 5.69 Å². The lowest BCUT2D eigenvalue weighted by molar-refractivity contribution is -0.121. The average Bonchev–Trinajstić information content (AvgIpc) is 2.26. The lowest BCUT2D eigenvalue weighted by atomic mass is 10.0. The van der Waals surface area contributed by atoms with Crippen LogP contribution in [0.1, 0.15) is 20.3 Å². The maximum Gasteiger partial charge on any atom is 0.296 e. The van der Waals surface area contributed by atoms with Crippen LogP contribution in [0, 0.1) is 0 Å². The molecule has 0 spiro atoms. The van der Waals surface area contributed by atoms with Gasteiger partial charge in [0.2, 0.25) is 5.91 Å². The van der Waals surface area contributed by atoms with Crippen LogP contribution in [0.4, 0.5) is 11.4 Å².